The highest BCUT2D eigenvalue weighted by molar-refractivity contribution is 5.97. The number of hydrogen-bond donors (Lipinski definition) is 0. The van der Waals surface area contributed by atoms with E-state index in [9.17, 15) is 14.9 Å². The van der Waals surface area contributed by atoms with Gasteiger partial charge in [0.25, 0.3) is 0 Å². The van der Waals surface area contributed by atoms with Gasteiger partial charge in [0, 0.05) is 7.05 Å². The molecule has 0 aliphatic carbocycles. The quantitative estimate of drug-likeness (QED) is 0.772. The molecule has 25 heavy (non-hydrogen) atoms. The number of amides is 2. The largest absolute Gasteiger partial charge is 0.454 e. The van der Waals surface area contributed by atoms with Crippen molar-refractivity contribution in [3.63, 3.8) is 0 Å². The number of piperazine rings is 1. The van der Waals surface area contributed by atoms with Crippen molar-refractivity contribution in [1.29, 1.82) is 5.26 Å². The number of carbonyl (C=O) groups excluding carboxylic acids is 2. The average molecular weight is 341 g/mol. The summed E-state index contributed by atoms with van der Waals surface area (Å²) in [4.78, 5) is 28.7. The van der Waals surface area contributed by atoms with Crippen LogP contribution in [0.1, 0.15) is 31.9 Å². The number of likely N-dealkylation sites (N-methyl/N-ethyl adjacent to an activating group) is 1. The van der Waals surface area contributed by atoms with Gasteiger partial charge in [0.2, 0.25) is 18.6 Å². The minimum atomic E-state index is -0.853. The smallest absolute Gasteiger partial charge is 0.246 e. The number of nitrogens with zero attached hydrogens (tertiary/aromatic N) is 3. The van der Waals surface area contributed by atoms with Gasteiger partial charge in [0.1, 0.15) is 12.1 Å². The summed E-state index contributed by atoms with van der Waals surface area (Å²) in [6, 6.07) is 6.15. The van der Waals surface area contributed by atoms with E-state index < -0.39 is 23.5 Å². The summed E-state index contributed by atoms with van der Waals surface area (Å²) in [6.07, 6.45) is 0.324. The maximum atomic E-state index is 13.0. The van der Waals surface area contributed by atoms with Gasteiger partial charge in [-0.15, -0.1) is 0 Å². The van der Waals surface area contributed by atoms with Gasteiger partial charge in [0.15, 0.2) is 11.5 Å². The van der Waals surface area contributed by atoms with Crippen LogP contribution in [0.25, 0.3) is 0 Å². The molecule has 3 aliphatic heterocycles. The first-order chi connectivity index (χ1) is 11.9. The van der Waals surface area contributed by atoms with E-state index in [1.807, 2.05) is 19.1 Å². The molecule has 2 saturated heterocycles. The number of fused-ring (bicyclic) bond motifs is 2. The third-order valence-electron chi connectivity index (χ3n) is 5.63. The Morgan fingerprint density at radius 2 is 1.96 bits per heavy atom. The first kappa shape index (κ1) is 15.8. The minimum Gasteiger partial charge on any atom is -0.454 e. The fraction of sp³-hybridized carbons (Fsp3) is 0.500. The van der Waals surface area contributed by atoms with Crippen molar-refractivity contribution in [3.8, 4) is 17.6 Å². The van der Waals surface area contributed by atoms with Gasteiger partial charge in [0.05, 0.1) is 17.5 Å². The summed E-state index contributed by atoms with van der Waals surface area (Å²) in [5, 5.41) is 9.83. The molecule has 1 aromatic rings. The van der Waals surface area contributed by atoms with Crippen LogP contribution in [0.5, 0.6) is 11.5 Å². The highest BCUT2D eigenvalue weighted by atomic mass is 16.7. The molecule has 0 bridgehead atoms. The second-order valence-corrected chi connectivity index (χ2v) is 7.14. The van der Waals surface area contributed by atoms with Gasteiger partial charge in [-0.2, -0.15) is 5.26 Å². The van der Waals surface area contributed by atoms with Crippen molar-refractivity contribution in [1.82, 2.24) is 9.80 Å². The van der Waals surface area contributed by atoms with Crippen molar-refractivity contribution < 1.29 is 19.1 Å². The standard InChI is InChI=1S/C18H19N3O4/c1-10-16(22)21-12(17(23)20(10)3)7-18(2,8-19)15(21)11-4-5-13-14(6-11)25-9-24-13/h4-6,10,12,15H,7,9H2,1-3H3. The number of nitriles is 1. The Kier molecular flexibility index (Phi) is 3.23. The van der Waals surface area contributed by atoms with Crippen molar-refractivity contribution in [2.75, 3.05) is 13.8 Å². The zero-order valence-electron chi connectivity index (χ0n) is 14.4. The molecule has 0 saturated carbocycles. The van der Waals surface area contributed by atoms with Crippen LogP contribution in [0, 0.1) is 16.7 Å². The van der Waals surface area contributed by atoms with Crippen LogP contribution >= 0.6 is 0 Å². The predicted molar refractivity (Wildman–Crippen MR) is 86.5 cm³/mol. The first-order valence-electron chi connectivity index (χ1n) is 8.27. The Hall–Kier alpha value is -2.75. The summed E-state index contributed by atoms with van der Waals surface area (Å²) in [5.74, 6) is 0.999. The van der Waals surface area contributed by atoms with E-state index in [-0.39, 0.29) is 18.6 Å². The lowest BCUT2D eigenvalue weighted by Crippen LogP contribution is -2.60. The van der Waals surface area contributed by atoms with Crippen molar-refractivity contribution in [2.45, 2.75) is 38.4 Å². The predicted octanol–water partition coefficient (Wildman–Crippen LogP) is 1.45. The summed E-state index contributed by atoms with van der Waals surface area (Å²) in [5.41, 5.74) is -0.0668. The monoisotopic (exact) mass is 341 g/mol. The maximum Gasteiger partial charge on any atom is 0.246 e. The second kappa shape index (κ2) is 5.12. The number of hydrogen-bond acceptors (Lipinski definition) is 5. The summed E-state index contributed by atoms with van der Waals surface area (Å²) in [7, 11) is 1.64. The van der Waals surface area contributed by atoms with Gasteiger partial charge in [-0.25, -0.2) is 0 Å². The number of ether oxygens (including phenoxy) is 2. The van der Waals surface area contributed by atoms with E-state index >= 15 is 0 Å². The topological polar surface area (TPSA) is 82.9 Å². The fourth-order valence-corrected chi connectivity index (χ4v) is 4.11. The summed E-state index contributed by atoms with van der Waals surface area (Å²) >= 11 is 0. The second-order valence-electron chi connectivity index (χ2n) is 7.14. The lowest BCUT2D eigenvalue weighted by Gasteiger charge is -2.42. The molecular formula is C18H19N3O4. The highest BCUT2D eigenvalue weighted by Crippen LogP contribution is 2.52. The highest BCUT2D eigenvalue weighted by Gasteiger charge is 2.58. The Morgan fingerprint density at radius 1 is 1.24 bits per heavy atom. The Bertz CT molecular complexity index is 817. The molecule has 1 aromatic carbocycles. The molecule has 4 unspecified atom stereocenters. The molecule has 0 aromatic heterocycles. The fourth-order valence-electron chi connectivity index (χ4n) is 4.11. The Morgan fingerprint density at radius 3 is 2.68 bits per heavy atom. The molecule has 7 nitrogen and oxygen atoms in total. The third kappa shape index (κ3) is 2.03. The molecule has 4 rings (SSSR count). The molecular weight excluding hydrogens is 322 g/mol. The van der Waals surface area contributed by atoms with Crippen LogP contribution < -0.4 is 9.47 Å². The average Bonchev–Trinajstić information content (AvgIpc) is 3.20. The molecule has 4 atom stereocenters. The first-order valence-corrected chi connectivity index (χ1v) is 8.27. The maximum absolute atomic E-state index is 13.0. The van der Waals surface area contributed by atoms with E-state index in [1.165, 1.54) is 4.90 Å². The zero-order valence-corrected chi connectivity index (χ0v) is 14.4. The van der Waals surface area contributed by atoms with E-state index in [4.69, 9.17) is 9.47 Å². The SMILES string of the molecule is CC1C(=O)N2C(CC(C)(C#N)C2c2ccc3c(c2)OCO3)C(=O)N1C. The van der Waals surface area contributed by atoms with Crippen LogP contribution in [0.15, 0.2) is 18.2 Å². The molecule has 0 radical (unpaired) electrons. The molecule has 3 heterocycles. The third-order valence-corrected chi connectivity index (χ3v) is 5.63. The normalized spacial score (nSPS) is 33.4. The van der Waals surface area contributed by atoms with Crippen LogP contribution in [0.3, 0.4) is 0 Å². The lowest BCUT2D eigenvalue weighted by atomic mass is 9.79. The summed E-state index contributed by atoms with van der Waals surface area (Å²) in [6.45, 7) is 3.69. The molecule has 2 fully saturated rings. The van der Waals surface area contributed by atoms with Gasteiger partial charge < -0.3 is 19.3 Å². The lowest BCUT2D eigenvalue weighted by molar-refractivity contribution is -0.159. The van der Waals surface area contributed by atoms with E-state index in [2.05, 4.69) is 6.07 Å². The van der Waals surface area contributed by atoms with Gasteiger partial charge in [-0.3, -0.25) is 9.59 Å². The van der Waals surface area contributed by atoms with Crippen molar-refractivity contribution in [2.24, 2.45) is 5.41 Å². The number of carbonyl (C=O) groups is 2. The minimum absolute atomic E-state index is 0.114. The molecule has 130 valence electrons. The molecule has 0 spiro atoms. The summed E-state index contributed by atoms with van der Waals surface area (Å²) < 4.78 is 10.8. The molecule has 0 N–H and O–H groups in total. The van der Waals surface area contributed by atoms with Crippen molar-refractivity contribution >= 4 is 11.8 Å². The number of benzene rings is 1. The Labute approximate surface area is 145 Å². The molecule has 2 amide bonds. The van der Waals surface area contributed by atoms with Crippen molar-refractivity contribution in [3.05, 3.63) is 23.8 Å². The van der Waals surface area contributed by atoms with Crippen LogP contribution in [0.4, 0.5) is 0 Å². The van der Waals surface area contributed by atoms with Gasteiger partial charge in [-0.1, -0.05) is 6.07 Å². The molecule has 7 heteroatoms. The number of rotatable bonds is 1. The van der Waals surface area contributed by atoms with E-state index in [0.29, 0.717) is 17.9 Å². The zero-order chi connectivity index (χ0) is 17.9. The van der Waals surface area contributed by atoms with Crippen LogP contribution in [-0.2, 0) is 9.59 Å². The van der Waals surface area contributed by atoms with Gasteiger partial charge >= 0.3 is 0 Å². The van der Waals surface area contributed by atoms with E-state index in [1.54, 1.807) is 24.9 Å². The Balaban J connectivity index is 1.83. The van der Waals surface area contributed by atoms with E-state index in [0.717, 1.165) is 5.56 Å². The van der Waals surface area contributed by atoms with Gasteiger partial charge in [-0.05, 0) is 38.0 Å². The van der Waals surface area contributed by atoms with Crippen LogP contribution in [0.2, 0.25) is 0 Å². The van der Waals surface area contributed by atoms with Crippen LogP contribution in [-0.4, -0.2) is 47.5 Å². The molecule has 3 aliphatic rings.